The molecule has 0 unspecified atom stereocenters. The van der Waals surface area contributed by atoms with E-state index in [1.54, 1.807) is 12.1 Å². The number of hydrogen-bond donors (Lipinski definition) is 2. The minimum atomic E-state index is -3.59. The maximum Gasteiger partial charge on any atom is 0.244 e. The number of sulfonamides is 1. The smallest absolute Gasteiger partial charge is 0.244 e. The normalized spacial score (nSPS) is 15.8. The predicted octanol–water partition coefficient (Wildman–Crippen LogP) is 1.66. The van der Waals surface area contributed by atoms with Crippen LogP contribution in [0, 0.1) is 0 Å². The van der Waals surface area contributed by atoms with Crippen molar-refractivity contribution in [2.24, 2.45) is 0 Å². The largest absolute Gasteiger partial charge is 0.495 e. The van der Waals surface area contributed by atoms with Gasteiger partial charge >= 0.3 is 0 Å². The van der Waals surface area contributed by atoms with Gasteiger partial charge < -0.3 is 10.1 Å². The Bertz CT molecular complexity index is 614. The molecule has 0 aromatic heterocycles. The summed E-state index contributed by atoms with van der Waals surface area (Å²) in [4.78, 5) is 0.143. The van der Waals surface area contributed by atoms with Crippen LogP contribution in [0.5, 0.6) is 5.75 Å². The van der Waals surface area contributed by atoms with E-state index in [-0.39, 0.29) is 4.90 Å². The molecule has 2 rings (SSSR count). The Morgan fingerprint density at radius 2 is 2.25 bits per heavy atom. The second kappa shape index (κ2) is 6.71. The molecular weight excluding hydrogens is 344 g/mol. The molecule has 0 amide bonds. The van der Waals surface area contributed by atoms with E-state index in [1.807, 2.05) is 6.08 Å². The van der Waals surface area contributed by atoms with E-state index in [0.717, 1.165) is 25.1 Å². The first-order chi connectivity index (χ1) is 9.53. The number of ether oxygens (including phenoxy) is 1. The molecule has 0 aliphatic carbocycles. The predicted molar refractivity (Wildman–Crippen MR) is 81.5 cm³/mol. The van der Waals surface area contributed by atoms with Crippen LogP contribution in [-0.4, -0.2) is 35.2 Å². The van der Waals surface area contributed by atoms with Crippen LogP contribution in [0.3, 0.4) is 0 Å². The first-order valence-corrected chi connectivity index (χ1v) is 8.52. The van der Waals surface area contributed by atoms with E-state index in [2.05, 4.69) is 26.0 Å². The van der Waals surface area contributed by atoms with Crippen molar-refractivity contribution in [2.45, 2.75) is 11.3 Å². The minimum Gasteiger partial charge on any atom is -0.495 e. The van der Waals surface area contributed by atoms with Gasteiger partial charge in [0, 0.05) is 17.6 Å². The molecule has 0 fully saturated rings. The van der Waals surface area contributed by atoms with Crippen LogP contribution in [-0.2, 0) is 10.0 Å². The molecule has 0 radical (unpaired) electrons. The van der Waals surface area contributed by atoms with Crippen molar-refractivity contribution in [3.05, 3.63) is 34.3 Å². The summed E-state index contributed by atoms with van der Waals surface area (Å²) in [6.45, 7) is 2.00. The Morgan fingerprint density at radius 1 is 1.45 bits per heavy atom. The zero-order chi connectivity index (χ0) is 14.6. The van der Waals surface area contributed by atoms with Gasteiger partial charge in [-0.25, -0.2) is 13.1 Å². The molecule has 1 aromatic carbocycles. The lowest BCUT2D eigenvalue weighted by Gasteiger charge is -2.15. The van der Waals surface area contributed by atoms with Gasteiger partial charge in [0.1, 0.15) is 10.6 Å². The lowest BCUT2D eigenvalue weighted by atomic mass is 10.1. The highest BCUT2D eigenvalue weighted by molar-refractivity contribution is 9.10. The Kier molecular flexibility index (Phi) is 5.20. The first kappa shape index (κ1) is 15.5. The van der Waals surface area contributed by atoms with Crippen molar-refractivity contribution in [1.29, 1.82) is 0 Å². The SMILES string of the molecule is COc1ccc(Br)cc1S(=O)(=O)NCC1=CCNCC1. The van der Waals surface area contributed by atoms with Gasteiger partial charge in [0.15, 0.2) is 0 Å². The Labute approximate surface area is 127 Å². The van der Waals surface area contributed by atoms with Gasteiger partial charge in [-0.15, -0.1) is 0 Å². The van der Waals surface area contributed by atoms with E-state index in [1.165, 1.54) is 13.2 Å². The second-order valence-electron chi connectivity index (χ2n) is 4.44. The van der Waals surface area contributed by atoms with Crippen LogP contribution >= 0.6 is 15.9 Å². The van der Waals surface area contributed by atoms with E-state index in [9.17, 15) is 8.42 Å². The molecule has 1 aliphatic rings. The van der Waals surface area contributed by atoms with Crippen LogP contribution in [0.15, 0.2) is 39.2 Å². The lowest BCUT2D eigenvalue weighted by Crippen LogP contribution is -2.30. The van der Waals surface area contributed by atoms with Crippen LogP contribution < -0.4 is 14.8 Å². The third-order valence-electron chi connectivity index (χ3n) is 3.06. The number of rotatable bonds is 5. The molecule has 5 nitrogen and oxygen atoms in total. The summed E-state index contributed by atoms with van der Waals surface area (Å²) in [5, 5.41) is 3.19. The summed E-state index contributed by atoms with van der Waals surface area (Å²) < 4.78 is 33.1. The van der Waals surface area contributed by atoms with E-state index in [4.69, 9.17) is 4.74 Å². The van der Waals surface area contributed by atoms with Gasteiger partial charge in [-0.1, -0.05) is 27.6 Å². The first-order valence-electron chi connectivity index (χ1n) is 6.25. The van der Waals surface area contributed by atoms with Gasteiger partial charge in [0.05, 0.1) is 7.11 Å². The highest BCUT2D eigenvalue weighted by Gasteiger charge is 2.20. The Morgan fingerprint density at radius 3 is 2.90 bits per heavy atom. The molecular formula is C13H17BrN2O3S. The third kappa shape index (κ3) is 3.82. The Balaban J connectivity index is 2.17. The molecule has 110 valence electrons. The Hall–Kier alpha value is -0.890. The molecule has 1 aromatic rings. The monoisotopic (exact) mass is 360 g/mol. The highest BCUT2D eigenvalue weighted by Crippen LogP contribution is 2.27. The standard InChI is InChI=1S/C13H17BrN2O3S/c1-19-12-3-2-11(14)8-13(12)20(17,18)16-9-10-4-6-15-7-5-10/h2-4,8,15-16H,5-7,9H2,1H3. The number of benzene rings is 1. The summed E-state index contributed by atoms with van der Waals surface area (Å²) in [7, 11) is -2.14. The molecule has 1 heterocycles. The van der Waals surface area contributed by atoms with Crippen molar-refractivity contribution < 1.29 is 13.2 Å². The summed E-state index contributed by atoms with van der Waals surface area (Å²) in [6.07, 6.45) is 2.88. The second-order valence-corrected chi connectivity index (χ2v) is 7.09. The van der Waals surface area contributed by atoms with E-state index >= 15 is 0 Å². The minimum absolute atomic E-state index is 0.143. The average molecular weight is 361 g/mol. The average Bonchev–Trinajstić information content (AvgIpc) is 2.46. The molecule has 1 aliphatic heterocycles. The van der Waals surface area contributed by atoms with E-state index in [0.29, 0.717) is 16.8 Å². The summed E-state index contributed by atoms with van der Waals surface area (Å²) in [5.41, 5.74) is 1.10. The molecule has 0 spiro atoms. The molecule has 7 heteroatoms. The van der Waals surface area contributed by atoms with Crippen LogP contribution in [0.25, 0.3) is 0 Å². The zero-order valence-corrected chi connectivity index (χ0v) is 13.6. The fraction of sp³-hybridized carbons (Fsp3) is 0.385. The molecule has 20 heavy (non-hydrogen) atoms. The van der Waals surface area contributed by atoms with E-state index < -0.39 is 10.0 Å². The van der Waals surface area contributed by atoms with Crippen molar-refractivity contribution in [1.82, 2.24) is 10.0 Å². The summed E-state index contributed by atoms with van der Waals surface area (Å²) in [6, 6.07) is 4.91. The quantitative estimate of drug-likeness (QED) is 0.783. The molecule has 0 saturated carbocycles. The summed E-state index contributed by atoms with van der Waals surface area (Å²) >= 11 is 3.28. The van der Waals surface area contributed by atoms with Gasteiger partial charge in [-0.3, -0.25) is 0 Å². The topological polar surface area (TPSA) is 67.4 Å². The maximum atomic E-state index is 12.4. The fourth-order valence-electron chi connectivity index (χ4n) is 1.96. The van der Waals surface area contributed by atoms with Crippen LogP contribution in [0.2, 0.25) is 0 Å². The van der Waals surface area contributed by atoms with Crippen molar-refractivity contribution in [2.75, 3.05) is 26.7 Å². The molecule has 0 atom stereocenters. The van der Waals surface area contributed by atoms with Gasteiger partial charge in [-0.2, -0.15) is 0 Å². The van der Waals surface area contributed by atoms with Gasteiger partial charge in [-0.05, 0) is 31.2 Å². The number of methoxy groups -OCH3 is 1. The number of nitrogens with one attached hydrogen (secondary N) is 2. The van der Waals surface area contributed by atoms with Gasteiger partial charge in [0.25, 0.3) is 0 Å². The third-order valence-corrected chi connectivity index (χ3v) is 4.98. The van der Waals surface area contributed by atoms with Crippen molar-refractivity contribution >= 4 is 26.0 Å². The lowest BCUT2D eigenvalue weighted by molar-refractivity contribution is 0.402. The van der Waals surface area contributed by atoms with Crippen molar-refractivity contribution in [3.63, 3.8) is 0 Å². The van der Waals surface area contributed by atoms with Crippen molar-refractivity contribution in [3.8, 4) is 5.75 Å². The number of halogens is 1. The van der Waals surface area contributed by atoms with Gasteiger partial charge in [0.2, 0.25) is 10.0 Å². The maximum absolute atomic E-state index is 12.4. The van der Waals surface area contributed by atoms with Crippen LogP contribution in [0.4, 0.5) is 0 Å². The summed E-state index contributed by atoms with van der Waals surface area (Å²) in [5.74, 6) is 0.333. The molecule has 0 saturated heterocycles. The number of hydrogen-bond acceptors (Lipinski definition) is 4. The van der Waals surface area contributed by atoms with Crippen LogP contribution in [0.1, 0.15) is 6.42 Å². The molecule has 0 bridgehead atoms. The fourth-order valence-corrected chi connectivity index (χ4v) is 3.70. The highest BCUT2D eigenvalue weighted by atomic mass is 79.9. The molecule has 2 N–H and O–H groups in total. The zero-order valence-electron chi connectivity index (χ0n) is 11.1.